The molecular formula is C30H37N3O4S. The largest absolute Gasteiger partial charge is 0.352 e. The van der Waals surface area contributed by atoms with Crippen LogP contribution in [0.4, 0.5) is 5.69 Å². The van der Waals surface area contributed by atoms with Crippen molar-refractivity contribution in [3.63, 3.8) is 0 Å². The summed E-state index contributed by atoms with van der Waals surface area (Å²) in [6.07, 6.45) is 5.58. The molecule has 2 amide bonds. The molecule has 0 aromatic heterocycles. The van der Waals surface area contributed by atoms with Crippen molar-refractivity contribution in [1.82, 2.24) is 10.2 Å². The third-order valence-corrected chi connectivity index (χ3v) is 8.40. The van der Waals surface area contributed by atoms with Crippen LogP contribution in [0.3, 0.4) is 0 Å². The van der Waals surface area contributed by atoms with Gasteiger partial charge in [-0.2, -0.15) is 0 Å². The Morgan fingerprint density at radius 1 is 0.974 bits per heavy atom. The zero-order chi connectivity index (χ0) is 27.3. The van der Waals surface area contributed by atoms with Gasteiger partial charge < -0.3 is 10.2 Å². The van der Waals surface area contributed by atoms with E-state index in [2.05, 4.69) is 5.32 Å². The summed E-state index contributed by atoms with van der Waals surface area (Å²) in [5.41, 5.74) is 2.42. The lowest BCUT2D eigenvalue weighted by atomic mass is 10.1. The van der Waals surface area contributed by atoms with Gasteiger partial charge in [0.05, 0.1) is 11.9 Å². The molecule has 3 aromatic carbocycles. The van der Waals surface area contributed by atoms with Crippen molar-refractivity contribution in [3.05, 3.63) is 77.9 Å². The van der Waals surface area contributed by atoms with Crippen molar-refractivity contribution in [2.24, 2.45) is 0 Å². The van der Waals surface area contributed by atoms with Gasteiger partial charge >= 0.3 is 0 Å². The molecule has 1 N–H and O–H groups in total. The van der Waals surface area contributed by atoms with Crippen molar-refractivity contribution in [3.8, 4) is 0 Å². The molecule has 0 spiro atoms. The first-order chi connectivity index (χ1) is 18.2. The number of carbonyl (C=O) groups is 2. The molecule has 0 saturated heterocycles. The van der Waals surface area contributed by atoms with Crippen molar-refractivity contribution in [1.29, 1.82) is 0 Å². The van der Waals surface area contributed by atoms with E-state index >= 15 is 0 Å². The summed E-state index contributed by atoms with van der Waals surface area (Å²) in [5.74, 6) is -0.603. The van der Waals surface area contributed by atoms with Crippen LogP contribution in [0.5, 0.6) is 0 Å². The van der Waals surface area contributed by atoms with E-state index in [0.29, 0.717) is 12.1 Å². The molecule has 1 saturated carbocycles. The third-order valence-electron chi connectivity index (χ3n) is 7.28. The fraction of sp³-hybridized carbons (Fsp3) is 0.400. The fourth-order valence-corrected chi connectivity index (χ4v) is 6.06. The molecule has 1 atom stereocenters. The van der Waals surface area contributed by atoms with Gasteiger partial charge in [0.15, 0.2) is 0 Å². The van der Waals surface area contributed by atoms with Crippen LogP contribution in [0.15, 0.2) is 66.7 Å². The molecular weight excluding hydrogens is 498 g/mol. The minimum atomic E-state index is -3.80. The number of anilines is 1. The van der Waals surface area contributed by atoms with Crippen LogP contribution in [-0.2, 0) is 26.2 Å². The summed E-state index contributed by atoms with van der Waals surface area (Å²) in [6.45, 7) is 3.69. The number of carbonyl (C=O) groups excluding carboxylic acids is 2. The second-order valence-corrected chi connectivity index (χ2v) is 12.1. The molecule has 0 radical (unpaired) electrons. The number of amides is 2. The Kier molecular flexibility index (Phi) is 8.72. The number of sulfonamides is 1. The minimum Gasteiger partial charge on any atom is -0.352 e. The lowest BCUT2D eigenvalue weighted by Gasteiger charge is -2.33. The highest BCUT2D eigenvalue weighted by Gasteiger charge is 2.33. The van der Waals surface area contributed by atoms with Gasteiger partial charge in [0.1, 0.15) is 12.6 Å². The first kappa shape index (κ1) is 27.6. The quantitative estimate of drug-likeness (QED) is 0.405. The number of nitrogens with zero attached hydrogens (tertiary/aromatic N) is 2. The fourth-order valence-electron chi connectivity index (χ4n) is 5.20. The Balaban J connectivity index is 1.68. The van der Waals surface area contributed by atoms with E-state index in [-0.39, 0.29) is 18.5 Å². The maximum Gasteiger partial charge on any atom is 0.244 e. The predicted molar refractivity (Wildman–Crippen MR) is 152 cm³/mol. The average molecular weight is 536 g/mol. The first-order valence-corrected chi connectivity index (χ1v) is 15.1. The molecule has 4 rings (SSSR count). The summed E-state index contributed by atoms with van der Waals surface area (Å²) in [6, 6.07) is 20.1. The lowest BCUT2D eigenvalue weighted by Crippen LogP contribution is -2.53. The van der Waals surface area contributed by atoms with E-state index in [9.17, 15) is 18.0 Å². The highest BCUT2D eigenvalue weighted by atomic mass is 32.2. The maximum absolute atomic E-state index is 14.0. The van der Waals surface area contributed by atoms with Gasteiger partial charge in [-0.25, -0.2) is 8.42 Å². The zero-order valence-corrected chi connectivity index (χ0v) is 23.2. The van der Waals surface area contributed by atoms with E-state index < -0.39 is 28.5 Å². The molecule has 202 valence electrons. The zero-order valence-electron chi connectivity index (χ0n) is 22.4. The first-order valence-electron chi connectivity index (χ1n) is 13.3. The monoisotopic (exact) mass is 535 g/mol. The number of rotatable bonds is 10. The minimum absolute atomic E-state index is 0.121. The third kappa shape index (κ3) is 6.54. The van der Waals surface area contributed by atoms with Crippen LogP contribution in [0, 0.1) is 6.92 Å². The average Bonchev–Trinajstić information content (AvgIpc) is 3.40. The number of benzene rings is 3. The normalized spacial score (nSPS) is 14.8. The van der Waals surface area contributed by atoms with E-state index in [0.717, 1.165) is 58.1 Å². The van der Waals surface area contributed by atoms with Crippen molar-refractivity contribution < 1.29 is 18.0 Å². The van der Waals surface area contributed by atoms with Crippen LogP contribution in [0.2, 0.25) is 0 Å². The molecule has 0 unspecified atom stereocenters. The van der Waals surface area contributed by atoms with Gasteiger partial charge in [0.25, 0.3) is 0 Å². The van der Waals surface area contributed by atoms with E-state index in [1.807, 2.05) is 68.4 Å². The maximum atomic E-state index is 14.0. The molecule has 0 heterocycles. The Morgan fingerprint density at radius 3 is 2.29 bits per heavy atom. The number of hydrogen-bond acceptors (Lipinski definition) is 4. The highest BCUT2D eigenvalue weighted by molar-refractivity contribution is 7.92. The van der Waals surface area contributed by atoms with Crippen LogP contribution >= 0.6 is 0 Å². The molecule has 1 aliphatic carbocycles. The Morgan fingerprint density at radius 2 is 1.63 bits per heavy atom. The van der Waals surface area contributed by atoms with Crippen LogP contribution in [0.25, 0.3) is 10.8 Å². The number of hydrogen-bond donors (Lipinski definition) is 1. The van der Waals surface area contributed by atoms with E-state index in [1.165, 1.54) is 4.90 Å². The summed E-state index contributed by atoms with van der Waals surface area (Å²) in [5, 5.41) is 4.75. The molecule has 1 fully saturated rings. The van der Waals surface area contributed by atoms with Crippen molar-refractivity contribution >= 4 is 38.3 Å². The molecule has 7 nitrogen and oxygen atoms in total. The lowest BCUT2D eigenvalue weighted by molar-refractivity contribution is -0.140. The number of nitrogens with one attached hydrogen (secondary N) is 1. The topological polar surface area (TPSA) is 86.8 Å². The predicted octanol–water partition coefficient (Wildman–Crippen LogP) is 4.78. The van der Waals surface area contributed by atoms with Gasteiger partial charge in [0, 0.05) is 18.0 Å². The van der Waals surface area contributed by atoms with Crippen molar-refractivity contribution in [2.75, 3.05) is 17.1 Å². The van der Waals surface area contributed by atoms with Gasteiger partial charge in [-0.05, 0) is 43.2 Å². The SMILES string of the molecule is CC[C@H](C(=O)NC1CCCC1)N(Cc1ccc(C)cc1)C(=O)CN(c1cccc2ccccc12)S(C)(=O)=O. The Bertz CT molecular complexity index is 1380. The summed E-state index contributed by atoms with van der Waals surface area (Å²) < 4.78 is 27.2. The van der Waals surface area contributed by atoms with Crippen LogP contribution in [-0.4, -0.2) is 50.0 Å². The van der Waals surface area contributed by atoms with Crippen LogP contribution < -0.4 is 9.62 Å². The molecule has 3 aromatic rings. The van der Waals surface area contributed by atoms with Crippen LogP contribution in [0.1, 0.15) is 50.2 Å². The standard InChI is InChI=1S/C30H37N3O4S/c1-4-27(30(35)31-25-12-6-7-13-25)32(20-23-18-16-22(2)17-19-23)29(34)21-33(38(3,36)37)28-15-9-11-24-10-5-8-14-26(24)28/h5,8-11,14-19,25,27H,4,6-7,12-13,20-21H2,1-3H3,(H,31,35)/t27-/m1/s1. The second kappa shape index (κ2) is 12.0. The number of aryl methyl sites for hydroxylation is 1. The van der Waals surface area contributed by atoms with Gasteiger partial charge in [-0.1, -0.05) is 86.0 Å². The molecule has 0 aliphatic heterocycles. The van der Waals surface area contributed by atoms with Gasteiger partial charge in [0.2, 0.25) is 21.8 Å². The number of fused-ring (bicyclic) bond motifs is 1. The molecule has 0 bridgehead atoms. The Hall–Kier alpha value is -3.39. The molecule has 1 aliphatic rings. The van der Waals surface area contributed by atoms with Gasteiger partial charge in [-0.15, -0.1) is 0 Å². The van der Waals surface area contributed by atoms with E-state index in [4.69, 9.17) is 0 Å². The summed E-state index contributed by atoms with van der Waals surface area (Å²) in [4.78, 5) is 28.9. The van der Waals surface area contributed by atoms with Gasteiger partial charge in [-0.3, -0.25) is 13.9 Å². The smallest absolute Gasteiger partial charge is 0.244 e. The summed E-state index contributed by atoms with van der Waals surface area (Å²) in [7, 11) is -3.80. The highest BCUT2D eigenvalue weighted by Crippen LogP contribution is 2.29. The van der Waals surface area contributed by atoms with Crippen molar-refractivity contribution in [2.45, 2.75) is 64.6 Å². The molecule has 38 heavy (non-hydrogen) atoms. The second-order valence-electron chi connectivity index (χ2n) is 10.2. The summed E-state index contributed by atoms with van der Waals surface area (Å²) >= 11 is 0. The van der Waals surface area contributed by atoms with E-state index in [1.54, 1.807) is 12.1 Å². The molecule has 8 heteroatoms. The Labute approximate surface area is 225 Å².